The maximum atomic E-state index is 13.6. The molecule has 4 heteroatoms. The molecular formula is C25H24N2OS. The number of amides is 2. The molecule has 3 nitrogen and oxygen atoms in total. The molecule has 2 atom stereocenters. The van der Waals surface area contributed by atoms with E-state index in [1.807, 2.05) is 11.0 Å². The maximum Gasteiger partial charge on any atom is 0.325 e. The average molecular weight is 401 g/mol. The number of anilines is 1. The highest BCUT2D eigenvalue weighted by Crippen LogP contribution is 2.41. The SMILES string of the molecule is O=C(N1CCCc2ccccc21)N1C2C=C(c3ccc4sccc4c3)CC1CC2. The van der Waals surface area contributed by atoms with Crippen molar-refractivity contribution in [1.29, 1.82) is 0 Å². The van der Waals surface area contributed by atoms with E-state index in [0.29, 0.717) is 6.04 Å². The Morgan fingerprint density at radius 2 is 2.00 bits per heavy atom. The Balaban J connectivity index is 1.31. The van der Waals surface area contributed by atoms with Gasteiger partial charge >= 0.3 is 6.03 Å². The Labute approximate surface area is 175 Å². The Bertz CT molecular complexity index is 1130. The Hall–Kier alpha value is -2.59. The van der Waals surface area contributed by atoms with Gasteiger partial charge in [0.25, 0.3) is 0 Å². The van der Waals surface area contributed by atoms with E-state index in [1.165, 1.54) is 26.8 Å². The van der Waals surface area contributed by atoms with Crippen LogP contribution in [0, 0.1) is 0 Å². The number of carbonyl (C=O) groups is 1. The lowest BCUT2D eigenvalue weighted by Crippen LogP contribution is -2.51. The van der Waals surface area contributed by atoms with E-state index < -0.39 is 0 Å². The first-order chi connectivity index (χ1) is 14.3. The number of hydrogen-bond donors (Lipinski definition) is 0. The first kappa shape index (κ1) is 17.3. The fraction of sp³-hybridized carbons (Fsp3) is 0.320. The van der Waals surface area contributed by atoms with Crippen LogP contribution in [0.2, 0.25) is 0 Å². The van der Waals surface area contributed by atoms with Crippen molar-refractivity contribution < 1.29 is 4.79 Å². The van der Waals surface area contributed by atoms with Crippen molar-refractivity contribution in [2.75, 3.05) is 11.4 Å². The summed E-state index contributed by atoms with van der Waals surface area (Å²) in [4.78, 5) is 17.8. The minimum atomic E-state index is 0.202. The molecule has 0 N–H and O–H groups in total. The zero-order valence-corrected chi connectivity index (χ0v) is 17.2. The molecule has 2 unspecified atom stereocenters. The molecule has 0 spiro atoms. The van der Waals surface area contributed by atoms with Crippen molar-refractivity contribution in [2.24, 2.45) is 0 Å². The zero-order chi connectivity index (χ0) is 19.4. The van der Waals surface area contributed by atoms with E-state index in [1.54, 1.807) is 11.3 Å². The summed E-state index contributed by atoms with van der Waals surface area (Å²) in [6, 6.07) is 18.2. The van der Waals surface area contributed by atoms with Gasteiger partial charge in [-0.3, -0.25) is 4.90 Å². The molecule has 146 valence electrons. The number of fused-ring (bicyclic) bond motifs is 4. The van der Waals surface area contributed by atoms with Crippen LogP contribution in [0.4, 0.5) is 10.5 Å². The van der Waals surface area contributed by atoms with Gasteiger partial charge in [0.15, 0.2) is 0 Å². The van der Waals surface area contributed by atoms with Crippen molar-refractivity contribution in [2.45, 2.75) is 44.2 Å². The second kappa shape index (κ2) is 6.74. The van der Waals surface area contributed by atoms with Crippen LogP contribution >= 0.6 is 11.3 Å². The van der Waals surface area contributed by atoms with E-state index in [-0.39, 0.29) is 12.1 Å². The van der Waals surface area contributed by atoms with Gasteiger partial charge in [-0.1, -0.05) is 30.3 Å². The van der Waals surface area contributed by atoms with Crippen molar-refractivity contribution >= 4 is 38.7 Å². The van der Waals surface area contributed by atoms with Gasteiger partial charge in [0.05, 0.1) is 6.04 Å². The van der Waals surface area contributed by atoms with Gasteiger partial charge in [0.2, 0.25) is 0 Å². The molecule has 3 aromatic rings. The second-order valence-electron chi connectivity index (χ2n) is 8.44. The monoisotopic (exact) mass is 400 g/mol. The van der Waals surface area contributed by atoms with Gasteiger partial charge in [-0.25, -0.2) is 4.79 Å². The molecule has 3 aliphatic rings. The third-order valence-electron chi connectivity index (χ3n) is 6.78. The fourth-order valence-corrected chi connectivity index (χ4v) is 6.15. The second-order valence-corrected chi connectivity index (χ2v) is 9.39. The molecule has 1 saturated heterocycles. The Morgan fingerprint density at radius 3 is 2.93 bits per heavy atom. The average Bonchev–Trinajstić information content (AvgIpc) is 3.33. The smallest absolute Gasteiger partial charge is 0.315 e. The third kappa shape index (κ3) is 2.81. The molecule has 2 bridgehead atoms. The van der Waals surface area contributed by atoms with Gasteiger partial charge in [-0.15, -0.1) is 11.3 Å². The zero-order valence-electron chi connectivity index (χ0n) is 16.4. The van der Waals surface area contributed by atoms with Crippen LogP contribution in [0.3, 0.4) is 0 Å². The molecule has 1 fully saturated rings. The van der Waals surface area contributed by atoms with E-state index >= 15 is 0 Å². The highest BCUT2D eigenvalue weighted by atomic mass is 32.1. The summed E-state index contributed by atoms with van der Waals surface area (Å²) in [5.41, 5.74) is 5.15. The van der Waals surface area contributed by atoms with E-state index in [9.17, 15) is 4.79 Å². The van der Waals surface area contributed by atoms with E-state index in [4.69, 9.17) is 0 Å². The molecule has 2 aromatic carbocycles. The molecule has 6 rings (SSSR count). The topological polar surface area (TPSA) is 23.6 Å². The predicted molar refractivity (Wildman–Crippen MR) is 121 cm³/mol. The summed E-state index contributed by atoms with van der Waals surface area (Å²) in [5.74, 6) is 0. The molecule has 2 amide bonds. The summed E-state index contributed by atoms with van der Waals surface area (Å²) in [5, 5.41) is 3.48. The van der Waals surface area contributed by atoms with Crippen molar-refractivity contribution in [3.05, 3.63) is 71.1 Å². The molecule has 0 saturated carbocycles. The van der Waals surface area contributed by atoms with Crippen LogP contribution in [-0.4, -0.2) is 29.6 Å². The van der Waals surface area contributed by atoms with Gasteiger partial charge in [0.1, 0.15) is 0 Å². The molecule has 0 aliphatic carbocycles. The fourth-order valence-electron chi connectivity index (χ4n) is 5.38. The first-order valence-electron chi connectivity index (χ1n) is 10.6. The summed E-state index contributed by atoms with van der Waals surface area (Å²) in [6.45, 7) is 0.831. The normalized spacial score (nSPS) is 23.2. The summed E-state index contributed by atoms with van der Waals surface area (Å²) >= 11 is 1.79. The molecular weight excluding hydrogens is 376 g/mol. The van der Waals surface area contributed by atoms with Crippen LogP contribution in [-0.2, 0) is 6.42 Å². The van der Waals surface area contributed by atoms with Gasteiger partial charge in [0, 0.05) is 23.0 Å². The maximum absolute atomic E-state index is 13.6. The van der Waals surface area contributed by atoms with E-state index in [2.05, 4.69) is 58.8 Å². The van der Waals surface area contributed by atoms with Crippen molar-refractivity contribution in [1.82, 2.24) is 4.90 Å². The standard InChI is InChI=1S/C25H24N2OS/c28-25(26-12-3-5-17-4-1-2-6-23(17)26)27-21-8-9-22(27)16-20(15-21)18-7-10-24-19(14-18)11-13-29-24/h1-2,4,6-7,10-11,13-15,21-22H,3,5,8-9,12,16H2. The predicted octanol–water partition coefficient (Wildman–Crippen LogP) is 6.09. The molecule has 29 heavy (non-hydrogen) atoms. The number of carbonyl (C=O) groups excluding carboxylic acids is 1. The summed E-state index contributed by atoms with van der Waals surface area (Å²) in [6.07, 6.45) is 7.64. The lowest BCUT2D eigenvalue weighted by Gasteiger charge is -2.39. The highest BCUT2D eigenvalue weighted by molar-refractivity contribution is 7.17. The molecule has 0 radical (unpaired) electrons. The highest BCUT2D eigenvalue weighted by Gasteiger charge is 2.42. The number of rotatable bonds is 1. The van der Waals surface area contributed by atoms with Crippen molar-refractivity contribution in [3.63, 3.8) is 0 Å². The Morgan fingerprint density at radius 1 is 1.07 bits per heavy atom. The molecule has 3 aliphatic heterocycles. The lowest BCUT2D eigenvalue weighted by atomic mass is 9.94. The van der Waals surface area contributed by atoms with Crippen LogP contribution in [0.15, 0.2) is 60.0 Å². The summed E-state index contributed by atoms with van der Waals surface area (Å²) in [7, 11) is 0. The van der Waals surface area contributed by atoms with Crippen LogP contribution in [0.5, 0.6) is 0 Å². The first-order valence-corrected chi connectivity index (χ1v) is 11.5. The number of urea groups is 1. The van der Waals surface area contributed by atoms with Gasteiger partial charge < -0.3 is 4.90 Å². The van der Waals surface area contributed by atoms with Crippen LogP contribution in [0.1, 0.15) is 36.8 Å². The minimum Gasteiger partial charge on any atom is -0.315 e. The lowest BCUT2D eigenvalue weighted by molar-refractivity contribution is 0.186. The largest absolute Gasteiger partial charge is 0.325 e. The number of aryl methyl sites for hydroxylation is 1. The Kier molecular flexibility index (Phi) is 4.01. The number of benzene rings is 2. The number of thiophene rings is 1. The number of hydrogen-bond acceptors (Lipinski definition) is 2. The third-order valence-corrected chi connectivity index (χ3v) is 7.68. The quantitative estimate of drug-likeness (QED) is 0.484. The number of nitrogens with zero attached hydrogens (tertiary/aromatic N) is 2. The van der Waals surface area contributed by atoms with E-state index in [0.717, 1.165) is 44.3 Å². The minimum absolute atomic E-state index is 0.202. The van der Waals surface area contributed by atoms with Gasteiger partial charge in [-0.2, -0.15) is 0 Å². The number of para-hydroxylation sites is 1. The van der Waals surface area contributed by atoms with Crippen LogP contribution in [0.25, 0.3) is 15.7 Å². The van der Waals surface area contributed by atoms with Gasteiger partial charge in [-0.05, 0) is 83.8 Å². The molecule has 4 heterocycles. The van der Waals surface area contributed by atoms with Crippen LogP contribution < -0.4 is 4.90 Å². The summed E-state index contributed by atoms with van der Waals surface area (Å²) < 4.78 is 1.34. The molecule has 1 aromatic heterocycles. The van der Waals surface area contributed by atoms with Crippen molar-refractivity contribution in [3.8, 4) is 0 Å².